The van der Waals surface area contributed by atoms with Gasteiger partial charge < -0.3 is 15.2 Å². The van der Waals surface area contributed by atoms with Crippen molar-refractivity contribution in [1.82, 2.24) is 5.32 Å². The van der Waals surface area contributed by atoms with Crippen LogP contribution in [0, 0.1) is 12.3 Å². The third kappa shape index (κ3) is 4.11. The van der Waals surface area contributed by atoms with Gasteiger partial charge in [0.25, 0.3) is 5.91 Å². The highest BCUT2D eigenvalue weighted by atomic mass is 16.5. The number of aliphatic hydroxyl groups excluding tert-OH is 1. The molecule has 112 valence electrons. The fraction of sp³-hybridized carbons (Fsp3) is 0.167. The number of terminal acetylenes is 1. The van der Waals surface area contributed by atoms with Crippen molar-refractivity contribution in [3.05, 3.63) is 65.2 Å². The van der Waals surface area contributed by atoms with E-state index >= 15 is 0 Å². The Balaban J connectivity index is 1.96. The zero-order valence-electron chi connectivity index (χ0n) is 12.1. The zero-order chi connectivity index (χ0) is 15.8. The number of hydrogen-bond donors (Lipinski definition) is 2. The molecule has 0 radical (unpaired) electrons. The van der Waals surface area contributed by atoms with Crippen LogP contribution >= 0.6 is 0 Å². The summed E-state index contributed by atoms with van der Waals surface area (Å²) in [6.45, 7) is 0.516. The summed E-state index contributed by atoms with van der Waals surface area (Å²) in [4.78, 5) is 12.1. The van der Waals surface area contributed by atoms with Gasteiger partial charge in [-0.2, -0.15) is 0 Å². The molecule has 22 heavy (non-hydrogen) atoms. The normalized spacial score (nSPS) is 9.82. The predicted octanol–water partition coefficient (Wildman–Crippen LogP) is 2.12. The Kier molecular flexibility index (Phi) is 5.58. The Bertz CT molecular complexity index is 671. The highest BCUT2D eigenvalue weighted by Crippen LogP contribution is 2.13. The maximum absolute atomic E-state index is 12.1. The van der Waals surface area contributed by atoms with Gasteiger partial charge in [0.15, 0.2) is 0 Å². The molecule has 0 bridgehead atoms. The molecule has 2 rings (SSSR count). The molecule has 0 saturated carbocycles. The standard InChI is InChI=1S/C18H17NO3/c1-2-11-22-17-9-7-14(8-10-17)18(21)19-12-15-5-3-4-6-16(15)13-20/h1,3-10,20H,11-13H2,(H,19,21). The minimum Gasteiger partial charge on any atom is -0.481 e. The van der Waals surface area contributed by atoms with E-state index in [0.29, 0.717) is 17.9 Å². The van der Waals surface area contributed by atoms with Gasteiger partial charge in [0, 0.05) is 12.1 Å². The van der Waals surface area contributed by atoms with Crippen LogP contribution in [-0.4, -0.2) is 17.6 Å². The number of aliphatic hydroxyl groups is 1. The number of benzene rings is 2. The first-order valence-electron chi connectivity index (χ1n) is 6.86. The van der Waals surface area contributed by atoms with Crippen molar-refractivity contribution >= 4 is 5.91 Å². The maximum Gasteiger partial charge on any atom is 0.251 e. The van der Waals surface area contributed by atoms with Crippen molar-refractivity contribution < 1.29 is 14.6 Å². The largest absolute Gasteiger partial charge is 0.481 e. The second kappa shape index (κ2) is 7.87. The van der Waals surface area contributed by atoms with Gasteiger partial charge in [-0.05, 0) is 35.4 Å². The van der Waals surface area contributed by atoms with Gasteiger partial charge in [-0.15, -0.1) is 6.42 Å². The molecule has 1 amide bonds. The van der Waals surface area contributed by atoms with Gasteiger partial charge in [0.1, 0.15) is 12.4 Å². The van der Waals surface area contributed by atoms with E-state index in [1.165, 1.54) is 0 Å². The first kappa shape index (κ1) is 15.6. The number of ether oxygens (including phenoxy) is 1. The van der Waals surface area contributed by atoms with Crippen LogP contribution in [-0.2, 0) is 13.2 Å². The molecule has 0 heterocycles. The Labute approximate surface area is 129 Å². The van der Waals surface area contributed by atoms with Crippen molar-refractivity contribution in [2.24, 2.45) is 0 Å². The molecule has 0 spiro atoms. The van der Waals surface area contributed by atoms with Crippen LogP contribution < -0.4 is 10.1 Å². The average Bonchev–Trinajstić information content (AvgIpc) is 2.58. The Morgan fingerprint density at radius 2 is 1.82 bits per heavy atom. The number of hydrogen-bond acceptors (Lipinski definition) is 3. The Morgan fingerprint density at radius 3 is 2.45 bits per heavy atom. The first-order valence-corrected chi connectivity index (χ1v) is 6.86. The SMILES string of the molecule is C#CCOc1ccc(C(=O)NCc2ccccc2CO)cc1. The second-order valence-electron chi connectivity index (χ2n) is 4.63. The van der Waals surface area contributed by atoms with E-state index in [9.17, 15) is 9.90 Å². The molecular formula is C18H17NO3. The lowest BCUT2D eigenvalue weighted by Crippen LogP contribution is -2.23. The first-order chi connectivity index (χ1) is 10.7. The van der Waals surface area contributed by atoms with Crippen LogP contribution in [0.5, 0.6) is 5.75 Å². The summed E-state index contributed by atoms with van der Waals surface area (Å²) >= 11 is 0. The molecule has 0 aromatic heterocycles. The summed E-state index contributed by atoms with van der Waals surface area (Å²) < 4.78 is 5.25. The highest BCUT2D eigenvalue weighted by Gasteiger charge is 2.07. The number of carbonyl (C=O) groups is 1. The van der Waals surface area contributed by atoms with Gasteiger partial charge in [0.2, 0.25) is 0 Å². The van der Waals surface area contributed by atoms with Gasteiger partial charge in [0.05, 0.1) is 6.61 Å². The quantitative estimate of drug-likeness (QED) is 0.803. The topological polar surface area (TPSA) is 58.6 Å². The molecule has 2 aromatic carbocycles. The van der Waals surface area contributed by atoms with Crippen molar-refractivity contribution in [3.8, 4) is 18.1 Å². The van der Waals surface area contributed by atoms with Crippen LogP contribution in [0.4, 0.5) is 0 Å². The highest BCUT2D eigenvalue weighted by molar-refractivity contribution is 5.94. The molecule has 0 aliphatic rings. The van der Waals surface area contributed by atoms with E-state index in [-0.39, 0.29) is 19.1 Å². The Hall–Kier alpha value is -2.77. The van der Waals surface area contributed by atoms with E-state index in [1.807, 2.05) is 24.3 Å². The number of carbonyl (C=O) groups excluding carboxylic acids is 1. The number of rotatable bonds is 6. The maximum atomic E-state index is 12.1. The van der Waals surface area contributed by atoms with Crippen molar-refractivity contribution in [2.75, 3.05) is 6.61 Å². The molecule has 0 unspecified atom stereocenters. The molecule has 0 atom stereocenters. The lowest BCUT2D eigenvalue weighted by atomic mass is 10.1. The van der Waals surface area contributed by atoms with Crippen LogP contribution in [0.3, 0.4) is 0 Å². The number of nitrogens with one attached hydrogen (secondary N) is 1. The monoisotopic (exact) mass is 295 g/mol. The predicted molar refractivity (Wildman–Crippen MR) is 84.3 cm³/mol. The summed E-state index contributed by atoms with van der Waals surface area (Å²) in [7, 11) is 0. The number of amides is 1. The third-order valence-corrected chi connectivity index (χ3v) is 3.17. The van der Waals surface area contributed by atoms with Gasteiger partial charge in [-0.1, -0.05) is 30.2 Å². The molecule has 0 saturated heterocycles. The Morgan fingerprint density at radius 1 is 1.14 bits per heavy atom. The van der Waals surface area contributed by atoms with E-state index in [2.05, 4.69) is 11.2 Å². The molecule has 0 aliphatic carbocycles. The van der Waals surface area contributed by atoms with Crippen LogP contribution in [0.25, 0.3) is 0 Å². The second-order valence-corrected chi connectivity index (χ2v) is 4.63. The van der Waals surface area contributed by atoms with Crippen LogP contribution in [0.2, 0.25) is 0 Å². The van der Waals surface area contributed by atoms with Gasteiger partial charge in [-0.25, -0.2) is 0 Å². The summed E-state index contributed by atoms with van der Waals surface area (Å²) in [5.74, 6) is 2.82. The lowest BCUT2D eigenvalue weighted by molar-refractivity contribution is 0.0950. The van der Waals surface area contributed by atoms with Gasteiger partial charge >= 0.3 is 0 Å². The van der Waals surface area contributed by atoms with E-state index in [4.69, 9.17) is 11.2 Å². The molecule has 2 aromatic rings. The molecule has 2 N–H and O–H groups in total. The van der Waals surface area contributed by atoms with Crippen LogP contribution in [0.15, 0.2) is 48.5 Å². The summed E-state index contributed by atoms with van der Waals surface area (Å²) in [5, 5.41) is 12.1. The summed E-state index contributed by atoms with van der Waals surface area (Å²) in [5.41, 5.74) is 2.24. The lowest BCUT2D eigenvalue weighted by Gasteiger charge is -2.09. The molecule has 4 heteroatoms. The molecular weight excluding hydrogens is 278 g/mol. The molecule has 0 aliphatic heterocycles. The van der Waals surface area contributed by atoms with E-state index in [0.717, 1.165) is 11.1 Å². The molecule has 4 nitrogen and oxygen atoms in total. The van der Waals surface area contributed by atoms with Crippen LogP contribution in [0.1, 0.15) is 21.5 Å². The van der Waals surface area contributed by atoms with Crippen molar-refractivity contribution in [2.45, 2.75) is 13.2 Å². The average molecular weight is 295 g/mol. The van der Waals surface area contributed by atoms with E-state index < -0.39 is 0 Å². The summed E-state index contributed by atoms with van der Waals surface area (Å²) in [6.07, 6.45) is 5.12. The van der Waals surface area contributed by atoms with E-state index in [1.54, 1.807) is 24.3 Å². The minimum absolute atomic E-state index is 0.0484. The minimum atomic E-state index is -0.184. The smallest absolute Gasteiger partial charge is 0.251 e. The van der Waals surface area contributed by atoms with Crippen molar-refractivity contribution in [3.63, 3.8) is 0 Å². The fourth-order valence-electron chi connectivity index (χ4n) is 1.99. The fourth-order valence-corrected chi connectivity index (χ4v) is 1.99. The van der Waals surface area contributed by atoms with Gasteiger partial charge in [-0.3, -0.25) is 4.79 Å². The molecule has 0 fully saturated rings. The van der Waals surface area contributed by atoms with Crippen molar-refractivity contribution in [1.29, 1.82) is 0 Å². The third-order valence-electron chi connectivity index (χ3n) is 3.17. The summed E-state index contributed by atoms with van der Waals surface area (Å²) in [6, 6.07) is 14.2. The zero-order valence-corrected chi connectivity index (χ0v) is 12.1.